The van der Waals surface area contributed by atoms with Crippen LogP contribution < -0.4 is 5.32 Å². The molecule has 0 spiro atoms. The average molecular weight is 339 g/mol. The quantitative estimate of drug-likeness (QED) is 0.777. The van der Waals surface area contributed by atoms with Crippen LogP contribution in [0.5, 0.6) is 0 Å². The summed E-state index contributed by atoms with van der Waals surface area (Å²) in [7, 11) is -2.03. The molecule has 1 rings (SSSR count). The molecule has 0 saturated carbocycles. The lowest BCUT2D eigenvalue weighted by atomic mass is 10.4. The van der Waals surface area contributed by atoms with Gasteiger partial charge in [0.1, 0.15) is 0 Å². The van der Waals surface area contributed by atoms with Gasteiger partial charge in [-0.2, -0.15) is 4.31 Å². The fourth-order valence-electron chi connectivity index (χ4n) is 2.25. The first-order chi connectivity index (χ1) is 11.0. The van der Waals surface area contributed by atoms with E-state index in [0.29, 0.717) is 26.1 Å². The van der Waals surface area contributed by atoms with Gasteiger partial charge in [-0.1, -0.05) is 30.9 Å². The van der Waals surface area contributed by atoms with Gasteiger partial charge in [-0.05, 0) is 25.5 Å². The molecule has 0 unspecified atom stereocenters. The van der Waals surface area contributed by atoms with Crippen LogP contribution in [0.3, 0.4) is 0 Å². The molecule has 0 aliphatic carbocycles. The molecule has 1 fully saturated rings. The van der Waals surface area contributed by atoms with Gasteiger partial charge >= 0.3 is 6.03 Å². The first-order valence-corrected chi connectivity index (χ1v) is 9.00. The Morgan fingerprint density at radius 3 is 2.52 bits per heavy atom. The lowest BCUT2D eigenvalue weighted by Crippen LogP contribution is -2.41. The minimum Gasteiger partial charge on any atom is -0.341 e. The summed E-state index contributed by atoms with van der Waals surface area (Å²) in [5.41, 5.74) is 0. The molecular formula is C16H25N3O3S. The average Bonchev–Trinajstić information content (AvgIpc) is 2.80. The van der Waals surface area contributed by atoms with Crippen molar-refractivity contribution in [1.29, 1.82) is 0 Å². The molecular weight excluding hydrogens is 314 g/mol. The number of carbonyl (C=O) groups is 1. The summed E-state index contributed by atoms with van der Waals surface area (Å²) in [6.07, 6.45) is 10.4. The summed E-state index contributed by atoms with van der Waals surface area (Å²) in [6, 6.07) is -0.181. The predicted octanol–water partition coefficient (Wildman–Crippen LogP) is 1.87. The van der Waals surface area contributed by atoms with Crippen molar-refractivity contribution in [3.05, 3.63) is 47.9 Å². The van der Waals surface area contributed by atoms with Gasteiger partial charge in [0, 0.05) is 33.2 Å². The Kier molecular flexibility index (Phi) is 7.77. The van der Waals surface area contributed by atoms with Crippen molar-refractivity contribution < 1.29 is 13.2 Å². The first kappa shape index (κ1) is 19.2. The Morgan fingerprint density at radius 1 is 1.17 bits per heavy atom. The molecule has 0 aromatic heterocycles. The van der Waals surface area contributed by atoms with E-state index >= 15 is 0 Å². The maximum atomic E-state index is 12.8. The molecule has 1 N–H and O–H groups in total. The highest BCUT2D eigenvalue weighted by atomic mass is 32.2. The molecule has 0 aromatic rings. The molecule has 0 radical (unpaired) electrons. The molecule has 7 heteroatoms. The fraction of sp³-hybridized carbons (Fsp3) is 0.438. The van der Waals surface area contributed by atoms with E-state index in [1.165, 1.54) is 16.5 Å². The van der Waals surface area contributed by atoms with Crippen molar-refractivity contribution in [3.8, 4) is 0 Å². The van der Waals surface area contributed by atoms with Crippen LogP contribution in [0.15, 0.2) is 47.9 Å². The Hall–Kier alpha value is -1.86. The highest BCUT2D eigenvalue weighted by Crippen LogP contribution is 2.17. The van der Waals surface area contributed by atoms with Gasteiger partial charge < -0.3 is 10.2 Å². The molecule has 0 aromatic carbocycles. The van der Waals surface area contributed by atoms with Crippen molar-refractivity contribution in [3.63, 3.8) is 0 Å². The fourth-order valence-corrected chi connectivity index (χ4v) is 3.76. The third-order valence-corrected chi connectivity index (χ3v) is 5.35. The first-order valence-electron chi connectivity index (χ1n) is 7.56. The predicted molar refractivity (Wildman–Crippen MR) is 93.4 cm³/mol. The van der Waals surface area contributed by atoms with Crippen LogP contribution in [0, 0.1) is 0 Å². The molecule has 1 aliphatic rings. The number of hydrogen-bond acceptors (Lipinski definition) is 3. The number of allylic oxidation sites excluding steroid dienone is 6. The highest BCUT2D eigenvalue weighted by molar-refractivity contribution is 7.93. The number of hydrogen-bond donors (Lipinski definition) is 1. The van der Waals surface area contributed by atoms with E-state index in [4.69, 9.17) is 0 Å². The molecule has 128 valence electrons. The van der Waals surface area contributed by atoms with E-state index in [2.05, 4.69) is 11.9 Å². The second kappa shape index (κ2) is 9.32. The summed E-state index contributed by atoms with van der Waals surface area (Å²) >= 11 is 0. The van der Waals surface area contributed by atoms with E-state index in [9.17, 15) is 13.2 Å². The van der Waals surface area contributed by atoms with Crippen LogP contribution >= 0.6 is 0 Å². The van der Waals surface area contributed by atoms with Crippen LogP contribution in [0.4, 0.5) is 4.79 Å². The Bertz CT molecular complexity index is 606. The smallest absolute Gasteiger partial charge is 0.317 e. The number of sulfonamides is 1. The van der Waals surface area contributed by atoms with Gasteiger partial charge in [0.25, 0.3) is 0 Å². The molecule has 1 aliphatic heterocycles. The largest absolute Gasteiger partial charge is 0.341 e. The van der Waals surface area contributed by atoms with Gasteiger partial charge in [-0.15, -0.1) is 0 Å². The monoisotopic (exact) mass is 339 g/mol. The van der Waals surface area contributed by atoms with Crippen molar-refractivity contribution in [2.45, 2.75) is 13.3 Å². The SMILES string of the molecule is C=C\C=C(/C=C\C=C/C)S(=O)(=O)N1CCCN(C(=O)NC)CC1. The molecule has 6 nitrogen and oxygen atoms in total. The van der Waals surface area contributed by atoms with Crippen molar-refractivity contribution in [1.82, 2.24) is 14.5 Å². The molecule has 2 amide bonds. The second-order valence-corrected chi connectivity index (χ2v) is 6.93. The standard InChI is InChI=1S/C16H25N3O3S/c1-4-6-7-10-15(9-5-2)23(21,22)19-12-8-11-18(13-14-19)16(20)17-3/h4-7,9-10H,2,8,11-14H2,1,3H3,(H,17,20)/b6-4-,10-7-,15-9+. The number of rotatable bonds is 5. The van der Waals surface area contributed by atoms with Crippen LogP contribution in [-0.2, 0) is 10.0 Å². The number of nitrogens with one attached hydrogen (secondary N) is 1. The lowest BCUT2D eigenvalue weighted by molar-refractivity contribution is 0.203. The summed E-state index contributed by atoms with van der Waals surface area (Å²) in [4.78, 5) is 13.5. The zero-order valence-electron chi connectivity index (χ0n) is 13.7. The van der Waals surface area contributed by atoms with Gasteiger partial charge in [-0.25, -0.2) is 13.2 Å². The Labute approximate surface area is 138 Å². The minimum atomic E-state index is -3.60. The van der Waals surface area contributed by atoms with Crippen LogP contribution in [-0.4, -0.2) is 56.9 Å². The highest BCUT2D eigenvalue weighted by Gasteiger charge is 2.28. The number of amides is 2. The lowest BCUT2D eigenvalue weighted by Gasteiger charge is -2.22. The summed E-state index contributed by atoms with van der Waals surface area (Å²) in [5.74, 6) is 0. The van der Waals surface area contributed by atoms with Crippen molar-refractivity contribution in [2.75, 3.05) is 33.2 Å². The third kappa shape index (κ3) is 5.37. The number of carbonyl (C=O) groups excluding carboxylic acids is 1. The maximum Gasteiger partial charge on any atom is 0.317 e. The topological polar surface area (TPSA) is 69.7 Å². The summed E-state index contributed by atoms with van der Waals surface area (Å²) < 4.78 is 27.0. The number of nitrogens with zero attached hydrogens (tertiary/aromatic N) is 2. The van der Waals surface area contributed by atoms with Crippen molar-refractivity contribution in [2.24, 2.45) is 0 Å². The Morgan fingerprint density at radius 2 is 1.91 bits per heavy atom. The zero-order chi connectivity index (χ0) is 17.3. The second-order valence-electron chi connectivity index (χ2n) is 4.99. The van der Waals surface area contributed by atoms with E-state index in [1.807, 2.05) is 13.0 Å². The minimum absolute atomic E-state index is 0.181. The summed E-state index contributed by atoms with van der Waals surface area (Å²) in [6.45, 7) is 7.03. The molecule has 1 saturated heterocycles. The van der Waals surface area contributed by atoms with Gasteiger partial charge in [0.15, 0.2) is 0 Å². The van der Waals surface area contributed by atoms with Gasteiger partial charge in [0.2, 0.25) is 10.0 Å². The van der Waals surface area contributed by atoms with Crippen LogP contribution in [0.2, 0.25) is 0 Å². The normalized spacial score (nSPS) is 18.3. The van der Waals surface area contributed by atoms with E-state index in [0.717, 1.165) is 0 Å². The molecule has 0 atom stereocenters. The molecule has 1 heterocycles. The Balaban J connectivity index is 2.95. The van der Waals surface area contributed by atoms with E-state index in [-0.39, 0.29) is 17.5 Å². The molecule has 0 bridgehead atoms. The zero-order valence-corrected chi connectivity index (χ0v) is 14.6. The molecule has 23 heavy (non-hydrogen) atoms. The third-order valence-electron chi connectivity index (χ3n) is 3.44. The summed E-state index contributed by atoms with van der Waals surface area (Å²) in [5, 5.41) is 2.57. The van der Waals surface area contributed by atoms with Gasteiger partial charge in [0.05, 0.1) is 4.91 Å². The van der Waals surface area contributed by atoms with Crippen LogP contribution in [0.1, 0.15) is 13.3 Å². The van der Waals surface area contributed by atoms with Crippen LogP contribution in [0.25, 0.3) is 0 Å². The van der Waals surface area contributed by atoms with Gasteiger partial charge in [-0.3, -0.25) is 0 Å². The number of urea groups is 1. The van der Waals surface area contributed by atoms with E-state index in [1.54, 1.807) is 30.2 Å². The van der Waals surface area contributed by atoms with E-state index < -0.39 is 10.0 Å². The maximum absolute atomic E-state index is 12.8. The van der Waals surface area contributed by atoms with Crippen molar-refractivity contribution >= 4 is 16.1 Å².